The third-order valence-electron chi connectivity index (χ3n) is 8.10. The molecular weight excluding hydrogens is 462 g/mol. The van der Waals surface area contributed by atoms with Crippen molar-refractivity contribution >= 4 is 11.9 Å². The highest BCUT2D eigenvalue weighted by molar-refractivity contribution is 5.72. The standard InChI is InChI=1S/C28H43NO7/c1-16-12-17(2)26(32)18(3)13-19(4)27(33)20(15-29)8-5-6-11-24(36-25(31)14-23(16)30)21-9-7-10-22(21)28(34)35/h5-6,8,16-19,21-24,26-27,30,32-33H,7,9-14H2,1-4H3,(H,34,35). The molecule has 1 saturated carbocycles. The average molecular weight is 506 g/mol. The molecule has 36 heavy (non-hydrogen) atoms. The number of ether oxygens (including phenoxy) is 1. The van der Waals surface area contributed by atoms with Crippen molar-refractivity contribution in [1.29, 1.82) is 5.26 Å². The Hall–Kier alpha value is -2.21. The molecule has 0 aromatic carbocycles. The van der Waals surface area contributed by atoms with E-state index < -0.39 is 42.3 Å². The summed E-state index contributed by atoms with van der Waals surface area (Å²) in [7, 11) is 0. The minimum Gasteiger partial charge on any atom is -0.481 e. The Morgan fingerprint density at radius 1 is 1.03 bits per heavy atom. The minimum absolute atomic E-state index is 0.136. The van der Waals surface area contributed by atoms with Gasteiger partial charge >= 0.3 is 11.9 Å². The second-order valence-corrected chi connectivity index (χ2v) is 11.1. The maximum absolute atomic E-state index is 12.8. The molecule has 10 unspecified atom stereocenters. The molecular formula is C28H43NO7. The number of rotatable bonds is 2. The number of aliphatic carboxylic acids is 1. The van der Waals surface area contributed by atoms with Crippen LogP contribution in [0.2, 0.25) is 0 Å². The zero-order valence-electron chi connectivity index (χ0n) is 21.9. The van der Waals surface area contributed by atoms with E-state index in [-0.39, 0.29) is 48.0 Å². The van der Waals surface area contributed by atoms with Crippen molar-refractivity contribution in [2.45, 2.75) is 97.1 Å². The Morgan fingerprint density at radius 3 is 2.28 bits per heavy atom. The lowest BCUT2D eigenvalue weighted by Gasteiger charge is -2.31. The maximum atomic E-state index is 12.8. The Bertz CT molecular complexity index is 847. The molecule has 4 N–H and O–H groups in total. The number of carbonyl (C=O) groups is 2. The maximum Gasteiger partial charge on any atom is 0.308 e. The summed E-state index contributed by atoms with van der Waals surface area (Å²) < 4.78 is 5.74. The quantitative estimate of drug-likeness (QED) is 0.416. The summed E-state index contributed by atoms with van der Waals surface area (Å²) in [5.74, 6) is -3.23. The largest absolute Gasteiger partial charge is 0.481 e. The fraction of sp³-hybridized carbons (Fsp3) is 0.750. The van der Waals surface area contributed by atoms with Crippen LogP contribution in [0.1, 0.15) is 72.6 Å². The van der Waals surface area contributed by atoms with Gasteiger partial charge in [0.15, 0.2) is 0 Å². The molecule has 0 spiro atoms. The number of cyclic esters (lactones) is 1. The van der Waals surface area contributed by atoms with Gasteiger partial charge in [-0.25, -0.2) is 0 Å². The van der Waals surface area contributed by atoms with Gasteiger partial charge in [-0.2, -0.15) is 5.26 Å². The van der Waals surface area contributed by atoms with Crippen LogP contribution in [-0.2, 0) is 14.3 Å². The van der Waals surface area contributed by atoms with Gasteiger partial charge in [0.25, 0.3) is 0 Å². The average Bonchev–Trinajstić information content (AvgIpc) is 3.32. The number of carbonyl (C=O) groups excluding carboxylic acids is 1. The topological polar surface area (TPSA) is 148 Å². The van der Waals surface area contributed by atoms with Crippen molar-refractivity contribution in [3.05, 3.63) is 23.8 Å². The van der Waals surface area contributed by atoms with Gasteiger partial charge < -0.3 is 25.2 Å². The lowest BCUT2D eigenvalue weighted by Crippen LogP contribution is -2.35. The number of nitrogens with zero attached hydrogens (tertiary/aromatic N) is 1. The number of hydrogen-bond acceptors (Lipinski definition) is 7. The Labute approximate surface area is 214 Å². The SMILES string of the molecule is CC1CC(C)C(O)C(C)CC(C)C(O)C(C#N)=CC=CCC(C2CCCC2C(=O)O)OC(=O)CC1O. The van der Waals surface area contributed by atoms with E-state index in [0.29, 0.717) is 25.7 Å². The van der Waals surface area contributed by atoms with Gasteiger partial charge in [0.1, 0.15) is 6.10 Å². The van der Waals surface area contributed by atoms with Gasteiger partial charge in [0.05, 0.1) is 42.3 Å². The first kappa shape index (κ1) is 30.0. The van der Waals surface area contributed by atoms with Gasteiger partial charge in [0.2, 0.25) is 0 Å². The molecule has 0 aromatic heterocycles. The summed E-state index contributed by atoms with van der Waals surface area (Å²) in [5.41, 5.74) is 0.198. The number of hydrogen-bond donors (Lipinski definition) is 4. The predicted octanol–water partition coefficient (Wildman–Crippen LogP) is 3.61. The van der Waals surface area contributed by atoms with E-state index in [4.69, 9.17) is 4.74 Å². The molecule has 10 atom stereocenters. The predicted molar refractivity (Wildman–Crippen MR) is 134 cm³/mol. The molecule has 1 aliphatic heterocycles. The van der Waals surface area contributed by atoms with E-state index in [9.17, 15) is 35.3 Å². The Morgan fingerprint density at radius 2 is 1.67 bits per heavy atom. The van der Waals surface area contributed by atoms with Crippen molar-refractivity contribution in [3.8, 4) is 6.07 Å². The smallest absolute Gasteiger partial charge is 0.308 e. The van der Waals surface area contributed by atoms with Gasteiger partial charge in [-0.1, -0.05) is 46.3 Å². The molecule has 0 amide bonds. The highest BCUT2D eigenvalue weighted by Crippen LogP contribution is 2.37. The summed E-state index contributed by atoms with van der Waals surface area (Å²) in [5, 5.41) is 51.5. The van der Waals surface area contributed by atoms with Crippen LogP contribution in [0.25, 0.3) is 0 Å². The zero-order chi connectivity index (χ0) is 27.0. The van der Waals surface area contributed by atoms with Crippen LogP contribution in [0.4, 0.5) is 0 Å². The molecule has 1 aliphatic carbocycles. The van der Waals surface area contributed by atoms with Crippen LogP contribution in [-0.4, -0.2) is 56.8 Å². The normalized spacial score (nSPS) is 39.8. The summed E-state index contributed by atoms with van der Waals surface area (Å²) in [6, 6.07) is 2.05. The number of carboxylic acids is 1. The van der Waals surface area contributed by atoms with E-state index in [1.807, 2.05) is 27.7 Å². The van der Waals surface area contributed by atoms with Gasteiger partial charge in [-0.05, 0) is 55.4 Å². The van der Waals surface area contributed by atoms with Crippen LogP contribution in [0.15, 0.2) is 23.8 Å². The third-order valence-corrected chi connectivity index (χ3v) is 8.10. The van der Waals surface area contributed by atoms with Crippen LogP contribution < -0.4 is 0 Å². The summed E-state index contributed by atoms with van der Waals surface area (Å²) >= 11 is 0. The molecule has 0 saturated heterocycles. The van der Waals surface area contributed by atoms with Crippen LogP contribution in [0.3, 0.4) is 0 Å². The second-order valence-electron chi connectivity index (χ2n) is 11.1. The van der Waals surface area contributed by atoms with E-state index in [2.05, 4.69) is 6.07 Å². The first-order valence-corrected chi connectivity index (χ1v) is 13.2. The van der Waals surface area contributed by atoms with Crippen molar-refractivity contribution in [2.75, 3.05) is 0 Å². The van der Waals surface area contributed by atoms with Crippen molar-refractivity contribution in [3.63, 3.8) is 0 Å². The lowest BCUT2D eigenvalue weighted by molar-refractivity contribution is -0.159. The van der Waals surface area contributed by atoms with E-state index in [0.717, 1.165) is 6.42 Å². The molecule has 202 valence electrons. The van der Waals surface area contributed by atoms with Gasteiger partial charge in [-0.3, -0.25) is 9.59 Å². The molecule has 2 aliphatic rings. The number of nitriles is 1. The Kier molecular flexibility index (Phi) is 11.6. The van der Waals surface area contributed by atoms with E-state index >= 15 is 0 Å². The monoisotopic (exact) mass is 505 g/mol. The van der Waals surface area contributed by atoms with Gasteiger partial charge in [0, 0.05) is 12.3 Å². The number of carboxylic acid groups (broad SMARTS) is 1. The Balaban J connectivity index is 2.34. The number of aliphatic hydroxyl groups excluding tert-OH is 3. The molecule has 0 bridgehead atoms. The molecule has 1 heterocycles. The molecule has 0 radical (unpaired) electrons. The summed E-state index contributed by atoms with van der Waals surface area (Å²) in [6.07, 6.45) is 4.57. The zero-order valence-corrected chi connectivity index (χ0v) is 21.9. The number of allylic oxidation sites excluding steroid dienone is 2. The molecule has 0 aromatic rings. The van der Waals surface area contributed by atoms with E-state index in [1.165, 1.54) is 6.08 Å². The van der Waals surface area contributed by atoms with Crippen LogP contribution in [0, 0.1) is 46.8 Å². The molecule has 8 heteroatoms. The lowest BCUT2D eigenvalue weighted by atomic mass is 9.80. The van der Waals surface area contributed by atoms with Crippen LogP contribution >= 0.6 is 0 Å². The van der Waals surface area contributed by atoms with Gasteiger partial charge in [-0.15, -0.1) is 0 Å². The van der Waals surface area contributed by atoms with E-state index in [1.54, 1.807) is 12.2 Å². The van der Waals surface area contributed by atoms with Crippen molar-refractivity contribution < 1.29 is 34.8 Å². The highest BCUT2D eigenvalue weighted by atomic mass is 16.5. The third kappa shape index (κ3) is 8.16. The van der Waals surface area contributed by atoms with Crippen molar-refractivity contribution in [2.24, 2.45) is 35.5 Å². The van der Waals surface area contributed by atoms with Crippen molar-refractivity contribution in [1.82, 2.24) is 0 Å². The molecule has 1 fully saturated rings. The highest BCUT2D eigenvalue weighted by Gasteiger charge is 2.40. The summed E-state index contributed by atoms with van der Waals surface area (Å²) in [4.78, 5) is 24.5. The molecule has 8 nitrogen and oxygen atoms in total. The van der Waals surface area contributed by atoms with Crippen LogP contribution in [0.5, 0.6) is 0 Å². The molecule has 2 rings (SSSR count). The number of aliphatic hydroxyl groups is 3. The fourth-order valence-electron chi connectivity index (χ4n) is 5.83. The summed E-state index contributed by atoms with van der Waals surface area (Å²) in [6.45, 7) is 7.48. The fourth-order valence-corrected chi connectivity index (χ4v) is 5.83. The minimum atomic E-state index is -0.996. The second kappa shape index (κ2) is 13.9. The first-order valence-electron chi connectivity index (χ1n) is 13.2. The number of esters is 1. The first-order chi connectivity index (χ1) is 17.0.